The van der Waals surface area contributed by atoms with Gasteiger partial charge in [0.1, 0.15) is 6.61 Å². The van der Waals surface area contributed by atoms with Crippen molar-refractivity contribution in [3.8, 4) is 11.5 Å². The van der Waals surface area contributed by atoms with E-state index in [1.165, 1.54) is 32.4 Å². The molecule has 0 amide bonds. The topological polar surface area (TPSA) is 34.1 Å². The number of likely N-dealkylation sites (tertiary alicyclic amines) is 1. The van der Waals surface area contributed by atoms with Crippen LogP contribution in [0.25, 0.3) is 0 Å². The number of piperidine rings is 1. The molecule has 0 saturated carbocycles. The lowest BCUT2D eigenvalue weighted by atomic mass is 10.1. The van der Waals surface area contributed by atoms with E-state index in [4.69, 9.17) is 21.1 Å². The van der Waals surface area contributed by atoms with Crippen LogP contribution in [0.3, 0.4) is 0 Å². The molecule has 0 atom stereocenters. The highest BCUT2D eigenvalue weighted by atomic mass is 35.5. The van der Waals surface area contributed by atoms with E-state index in [0.717, 1.165) is 41.3 Å². The Morgan fingerprint density at radius 2 is 1.96 bits per heavy atom. The van der Waals surface area contributed by atoms with Crippen LogP contribution in [0.5, 0.6) is 11.5 Å². The largest absolute Gasteiger partial charge is 0.493 e. The summed E-state index contributed by atoms with van der Waals surface area (Å²) in [7, 11) is 1.66. The van der Waals surface area contributed by atoms with Crippen molar-refractivity contribution in [2.45, 2.75) is 32.8 Å². The lowest BCUT2D eigenvalue weighted by Gasteiger charge is -2.25. The van der Waals surface area contributed by atoms with Gasteiger partial charge in [-0.05, 0) is 73.8 Å². The van der Waals surface area contributed by atoms with E-state index in [1.54, 1.807) is 7.11 Å². The third kappa shape index (κ3) is 5.98. The van der Waals surface area contributed by atoms with Gasteiger partial charge in [-0.25, -0.2) is 0 Å². The second-order valence-electron chi connectivity index (χ2n) is 7.23. The van der Waals surface area contributed by atoms with Crippen LogP contribution in [-0.4, -0.2) is 44.4 Å². The maximum absolute atomic E-state index is 6.05. The summed E-state index contributed by atoms with van der Waals surface area (Å²) in [4.78, 5) is 7.11. The molecule has 0 spiro atoms. The molecular weight excluding hydrogens is 372 g/mol. The fourth-order valence-corrected chi connectivity index (χ4v) is 3.73. The van der Waals surface area contributed by atoms with Crippen LogP contribution in [0.2, 0.25) is 5.02 Å². The van der Waals surface area contributed by atoms with Crippen LogP contribution >= 0.6 is 11.6 Å². The second kappa shape index (κ2) is 10.5. The summed E-state index contributed by atoms with van der Waals surface area (Å²) in [5.74, 6) is 1.48. The molecule has 2 aromatic carbocycles. The van der Waals surface area contributed by atoms with E-state index in [0.29, 0.717) is 11.6 Å². The van der Waals surface area contributed by atoms with Gasteiger partial charge in [0.05, 0.1) is 13.7 Å². The van der Waals surface area contributed by atoms with Crippen LogP contribution in [0, 0.1) is 6.92 Å². The molecule has 4 nitrogen and oxygen atoms in total. The van der Waals surface area contributed by atoms with Gasteiger partial charge in [0, 0.05) is 17.8 Å². The molecule has 0 bridgehead atoms. The van der Waals surface area contributed by atoms with Crippen LogP contribution in [-0.2, 0) is 6.61 Å². The van der Waals surface area contributed by atoms with E-state index in [2.05, 4.69) is 16.0 Å². The molecule has 0 N–H and O–H groups in total. The molecule has 1 heterocycles. The number of hydrogen-bond donors (Lipinski definition) is 0. The molecule has 0 radical (unpaired) electrons. The maximum Gasteiger partial charge on any atom is 0.164 e. The zero-order chi connectivity index (χ0) is 19.8. The lowest BCUT2D eigenvalue weighted by molar-refractivity contribution is 0.235. The number of halogens is 1. The van der Waals surface area contributed by atoms with Crippen LogP contribution < -0.4 is 9.47 Å². The zero-order valence-electron chi connectivity index (χ0n) is 16.8. The van der Waals surface area contributed by atoms with Gasteiger partial charge in [-0.15, -0.1) is 0 Å². The van der Waals surface area contributed by atoms with Gasteiger partial charge in [0.15, 0.2) is 11.5 Å². The highest BCUT2D eigenvalue weighted by molar-refractivity contribution is 6.30. The zero-order valence-corrected chi connectivity index (χ0v) is 17.5. The van der Waals surface area contributed by atoms with Gasteiger partial charge in [-0.3, -0.25) is 4.99 Å². The first kappa shape index (κ1) is 20.7. The smallest absolute Gasteiger partial charge is 0.164 e. The van der Waals surface area contributed by atoms with Crippen LogP contribution in [0.1, 0.15) is 36.0 Å². The molecule has 1 aliphatic rings. The highest BCUT2D eigenvalue weighted by Gasteiger charge is 2.11. The van der Waals surface area contributed by atoms with Crippen molar-refractivity contribution in [3.05, 3.63) is 58.1 Å². The number of ether oxygens (including phenoxy) is 2. The number of aliphatic imine (C=N–C) groups is 1. The van der Waals surface area contributed by atoms with Crippen molar-refractivity contribution in [2.24, 2.45) is 4.99 Å². The van der Waals surface area contributed by atoms with Gasteiger partial charge in [-0.1, -0.05) is 30.2 Å². The van der Waals surface area contributed by atoms with Crippen molar-refractivity contribution in [3.63, 3.8) is 0 Å². The molecule has 0 aliphatic carbocycles. The molecule has 1 saturated heterocycles. The standard InChI is InChI=1S/C23H29ClN2O2/c1-18-13-20(16-25-9-12-26-10-4-3-5-11-26)15-22(27-2)23(18)28-17-19-7-6-8-21(24)14-19/h6-8,13-16H,3-5,9-12,17H2,1-2H3/b25-16+. The molecule has 0 aromatic heterocycles. The molecule has 150 valence electrons. The molecule has 1 fully saturated rings. The number of methoxy groups -OCH3 is 1. The van der Waals surface area contributed by atoms with Gasteiger partial charge in [-0.2, -0.15) is 0 Å². The molecular formula is C23H29ClN2O2. The van der Waals surface area contributed by atoms with Crippen LogP contribution in [0.4, 0.5) is 0 Å². The maximum atomic E-state index is 6.05. The average molecular weight is 401 g/mol. The molecule has 28 heavy (non-hydrogen) atoms. The number of rotatable bonds is 8. The fraction of sp³-hybridized carbons (Fsp3) is 0.435. The first-order valence-corrected chi connectivity index (χ1v) is 10.3. The van der Waals surface area contributed by atoms with Gasteiger partial charge < -0.3 is 14.4 Å². The monoisotopic (exact) mass is 400 g/mol. The summed E-state index contributed by atoms with van der Waals surface area (Å²) < 4.78 is 11.6. The fourth-order valence-electron chi connectivity index (χ4n) is 3.51. The van der Waals surface area contributed by atoms with E-state index in [9.17, 15) is 0 Å². The van der Waals surface area contributed by atoms with Crippen molar-refractivity contribution < 1.29 is 9.47 Å². The Morgan fingerprint density at radius 3 is 2.71 bits per heavy atom. The Hall–Kier alpha value is -2.04. The van der Waals surface area contributed by atoms with Crippen molar-refractivity contribution in [2.75, 3.05) is 33.3 Å². The third-order valence-electron chi connectivity index (χ3n) is 4.99. The number of nitrogens with zero attached hydrogens (tertiary/aromatic N) is 2. The minimum absolute atomic E-state index is 0.445. The molecule has 1 aliphatic heterocycles. The van der Waals surface area contributed by atoms with E-state index < -0.39 is 0 Å². The normalized spacial score (nSPS) is 15.1. The first-order chi connectivity index (χ1) is 13.7. The summed E-state index contributed by atoms with van der Waals surface area (Å²) >= 11 is 6.05. The minimum Gasteiger partial charge on any atom is -0.493 e. The molecule has 2 aromatic rings. The quantitative estimate of drug-likeness (QED) is 0.575. The summed E-state index contributed by atoms with van der Waals surface area (Å²) in [6.45, 7) is 6.76. The number of aryl methyl sites for hydroxylation is 1. The Morgan fingerprint density at radius 1 is 1.14 bits per heavy atom. The summed E-state index contributed by atoms with van der Waals surface area (Å²) in [6, 6.07) is 11.7. The van der Waals surface area contributed by atoms with Crippen molar-refractivity contribution >= 4 is 17.8 Å². The van der Waals surface area contributed by atoms with Gasteiger partial charge in [0.2, 0.25) is 0 Å². The Bertz CT molecular complexity index is 801. The summed E-state index contributed by atoms with van der Waals surface area (Å²) in [5.41, 5.74) is 3.08. The second-order valence-corrected chi connectivity index (χ2v) is 7.66. The SMILES string of the molecule is COc1cc(/C=N/CCN2CCCCC2)cc(C)c1OCc1cccc(Cl)c1. The van der Waals surface area contributed by atoms with Crippen molar-refractivity contribution in [1.29, 1.82) is 0 Å². The number of hydrogen-bond acceptors (Lipinski definition) is 4. The molecule has 0 unspecified atom stereocenters. The first-order valence-electron chi connectivity index (χ1n) is 9.94. The van der Waals surface area contributed by atoms with Crippen molar-refractivity contribution in [1.82, 2.24) is 4.90 Å². The van der Waals surface area contributed by atoms with E-state index in [1.807, 2.05) is 43.5 Å². The Labute approximate surface area is 173 Å². The Kier molecular flexibility index (Phi) is 7.75. The van der Waals surface area contributed by atoms with Gasteiger partial charge in [0.25, 0.3) is 0 Å². The minimum atomic E-state index is 0.445. The highest BCUT2D eigenvalue weighted by Crippen LogP contribution is 2.32. The predicted octanol–water partition coefficient (Wildman–Crippen LogP) is 5.14. The average Bonchev–Trinajstić information content (AvgIpc) is 2.71. The summed E-state index contributed by atoms with van der Waals surface area (Å²) in [5, 5.41) is 0.709. The van der Waals surface area contributed by atoms with E-state index in [-0.39, 0.29) is 0 Å². The predicted molar refractivity (Wildman–Crippen MR) is 116 cm³/mol. The Balaban J connectivity index is 1.61. The number of benzene rings is 2. The third-order valence-corrected chi connectivity index (χ3v) is 5.22. The lowest BCUT2D eigenvalue weighted by Crippen LogP contribution is -2.31. The molecule has 3 rings (SSSR count). The summed E-state index contributed by atoms with van der Waals surface area (Å²) in [6.07, 6.45) is 5.93. The van der Waals surface area contributed by atoms with Crippen LogP contribution in [0.15, 0.2) is 41.4 Å². The van der Waals surface area contributed by atoms with Gasteiger partial charge >= 0.3 is 0 Å². The van der Waals surface area contributed by atoms with E-state index >= 15 is 0 Å². The molecule has 5 heteroatoms.